The molecule has 1 saturated heterocycles. The third-order valence-corrected chi connectivity index (χ3v) is 7.36. The summed E-state index contributed by atoms with van der Waals surface area (Å²) in [6.45, 7) is 3.96. The molecule has 2 aliphatic rings. The second-order valence-electron chi connectivity index (χ2n) is 9.97. The van der Waals surface area contributed by atoms with Crippen LogP contribution >= 0.6 is 0 Å². The predicted molar refractivity (Wildman–Crippen MR) is 143 cm³/mol. The van der Waals surface area contributed by atoms with Gasteiger partial charge < -0.3 is 20.4 Å². The molecule has 3 aromatic rings. The van der Waals surface area contributed by atoms with Crippen LogP contribution in [-0.2, 0) is 22.6 Å². The Morgan fingerprint density at radius 2 is 1.78 bits per heavy atom. The third-order valence-electron chi connectivity index (χ3n) is 7.36. The fourth-order valence-corrected chi connectivity index (χ4v) is 5.39. The van der Waals surface area contributed by atoms with Gasteiger partial charge in [-0.25, -0.2) is 0 Å². The first kappa shape index (κ1) is 24.0. The molecule has 2 heterocycles. The minimum Gasteiger partial charge on any atom is -0.355 e. The highest BCUT2D eigenvalue weighted by Gasteiger charge is 2.36. The Morgan fingerprint density at radius 3 is 2.56 bits per heavy atom. The van der Waals surface area contributed by atoms with Crippen LogP contribution < -0.4 is 15.5 Å². The lowest BCUT2D eigenvalue weighted by Gasteiger charge is -2.32. The zero-order chi connectivity index (χ0) is 25.2. The number of nitrogens with one attached hydrogen (secondary N) is 3. The minimum absolute atomic E-state index is 0.0551. The smallest absolute Gasteiger partial charge is 0.243 e. The van der Waals surface area contributed by atoms with Crippen molar-refractivity contribution < 1.29 is 9.59 Å². The second-order valence-corrected chi connectivity index (χ2v) is 9.97. The molecule has 2 amide bonds. The molecule has 1 unspecified atom stereocenters. The van der Waals surface area contributed by atoms with Crippen molar-refractivity contribution in [2.45, 2.75) is 44.8 Å². The van der Waals surface area contributed by atoms with Gasteiger partial charge in [0.05, 0.1) is 0 Å². The van der Waals surface area contributed by atoms with Crippen molar-refractivity contribution >= 4 is 34.1 Å². The van der Waals surface area contributed by atoms with Crippen molar-refractivity contribution in [1.29, 1.82) is 5.41 Å². The summed E-state index contributed by atoms with van der Waals surface area (Å²) in [6, 6.07) is 20.2. The number of anilines is 1. The number of likely N-dealkylation sites (tertiary alicyclic amines) is 1. The van der Waals surface area contributed by atoms with E-state index in [2.05, 4.69) is 57.8 Å². The maximum atomic E-state index is 13.6. The van der Waals surface area contributed by atoms with Crippen molar-refractivity contribution in [3.63, 3.8) is 0 Å². The van der Waals surface area contributed by atoms with Crippen LogP contribution in [0, 0.1) is 5.41 Å². The molecule has 1 atom stereocenters. The van der Waals surface area contributed by atoms with Gasteiger partial charge in [0.1, 0.15) is 11.9 Å². The molecule has 7 nitrogen and oxygen atoms in total. The van der Waals surface area contributed by atoms with Crippen LogP contribution in [0.4, 0.5) is 5.69 Å². The van der Waals surface area contributed by atoms with Crippen LogP contribution in [0.5, 0.6) is 0 Å². The molecule has 0 saturated carbocycles. The number of fused-ring (bicyclic) bond motifs is 2. The number of rotatable bonds is 5. The number of benzene rings is 3. The third kappa shape index (κ3) is 4.97. The molecule has 0 bridgehead atoms. The van der Waals surface area contributed by atoms with Crippen molar-refractivity contribution in [3.05, 3.63) is 77.4 Å². The number of hydrogen-bond acceptors (Lipinski definition) is 5. The molecule has 3 aromatic carbocycles. The Kier molecular flexibility index (Phi) is 6.74. The van der Waals surface area contributed by atoms with Gasteiger partial charge in [0.15, 0.2) is 0 Å². The Hall–Kier alpha value is -3.71. The topological polar surface area (TPSA) is 88.5 Å². The number of amides is 2. The summed E-state index contributed by atoms with van der Waals surface area (Å²) in [7, 11) is 2.12. The summed E-state index contributed by atoms with van der Waals surface area (Å²) in [5, 5.41) is 16.5. The lowest BCUT2D eigenvalue weighted by atomic mass is 10.0. The molecular formula is C29H33N5O2. The number of carbonyl (C=O) groups is 2. The first-order valence-corrected chi connectivity index (χ1v) is 12.6. The Bertz CT molecular complexity index is 1310. The average molecular weight is 484 g/mol. The van der Waals surface area contributed by atoms with Gasteiger partial charge >= 0.3 is 0 Å². The van der Waals surface area contributed by atoms with Crippen LogP contribution in [-0.4, -0.2) is 54.8 Å². The number of carbonyl (C=O) groups excluding carboxylic acids is 2. The van der Waals surface area contributed by atoms with Crippen LogP contribution in [0.3, 0.4) is 0 Å². The van der Waals surface area contributed by atoms with Gasteiger partial charge in [0.25, 0.3) is 0 Å². The van der Waals surface area contributed by atoms with Crippen LogP contribution in [0.25, 0.3) is 10.8 Å². The largest absolute Gasteiger partial charge is 0.355 e. The zero-order valence-corrected chi connectivity index (χ0v) is 20.9. The molecular weight excluding hydrogens is 450 g/mol. The first-order chi connectivity index (χ1) is 17.4. The molecule has 0 aliphatic carbocycles. The van der Waals surface area contributed by atoms with Gasteiger partial charge in [0, 0.05) is 37.2 Å². The summed E-state index contributed by atoms with van der Waals surface area (Å²) >= 11 is 0. The fourth-order valence-electron chi connectivity index (χ4n) is 5.39. The number of piperidine rings is 1. The van der Waals surface area contributed by atoms with Crippen molar-refractivity contribution in [3.8, 4) is 0 Å². The summed E-state index contributed by atoms with van der Waals surface area (Å²) in [5.74, 6) is -0.155. The molecule has 186 valence electrons. The number of nitrogens with zero attached hydrogens (tertiary/aromatic N) is 2. The highest BCUT2D eigenvalue weighted by molar-refractivity contribution is 6.06. The Labute approximate surface area is 212 Å². The summed E-state index contributed by atoms with van der Waals surface area (Å²) in [5.41, 5.74) is 3.81. The Balaban J connectivity index is 1.47. The average Bonchev–Trinajstić information content (AvgIpc) is 3.23. The first-order valence-electron chi connectivity index (χ1n) is 12.6. The number of amidine groups is 1. The minimum atomic E-state index is -0.330. The summed E-state index contributed by atoms with van der Waals surface area (Å²) in [4.78, 5) is 29.6. The molecule has 1 fully saturated rings. The lowest BCUT2D eigenvalue weighted by Crippen LogP contribution is -2.51. The van der Waals surface area contributed by atoms with E-state index in [0.717, 1.165) is 42.7 Å². The van der Waals surface area contributed by atoms with Crippen LogP contribution in [0.1, 0.15) is 36.5 Å². The molecule has 0 spiro atoms. The molecule has 0 aromatic heterocycles. The van der Waals surface area contributed by atoms with E-state index in [-0.39, 0.29) is 29.7 Å². The quantitative estimate of drug-likeness (QED) is 0.383. The summed E-state index contributed by atoms with van der Waals surface area (Å²) < 4.78 is 0. The highest BCUT2D eigenvalue weighted by Crippen LogP contribution is 2.36. The molecule has 0 radical (unpaired) electrons. The standard InChI is InChI=1S/C29H33N5O2/c1-19(35)31-28(30)22-11-10-21-16-27(29(36)32-24-12-14-33(2)15-13-24)34(26(21)17-22)18-23-8-5-7-20-6-3-4-9-25(20)23/h3-11,17,24,27H,12-16,18H2,1-2H3,(H,32,36)(H2,30,31,35). The summed E-state index contributed by atoms with van der Waals surface area (Å²) in [6.07, 6.45) is 2.54. The van der Waals surface area contributed by atoms with E-state index < -0.39 is 0 Å². The maximum absolute atomic E-state index is 13.6. The van der Waals surface area contributed by atoms with E-state index in [1.54, 1.807) is 0 Å². The van der Waals surface area contributed by atoms with Crippen LogP contribution in [0.2, 0.25) is 0 Å². The van der Waals surface area contributed by atoms with Gasteiger partial charge in [0.2, 0.25) is 11.8 Å². The SMILES string of the molecule is CC(=O)NC(=N)c1ccc2c(c1)N(Cc1cccc3ccccc13)C(C(=O)NC1CCN(C)CC1)C2. The van der Waals surface area contributed by atoms with E-state index in [4.69, 9.17) is 5.41 Å². The van der Waals surface area contributed by atoms with E-state index in [1.807, 2.05) is 30.3 Å². The Morgan fingerprint density at radius 1 is 1.03 bits per heavy atom. The molecule has 36 heavy (non-hydrogen) atoms. The maximum Gasteiger partial charge on any atom is 0.243 e. The highest BCUT2D eigenvalue weighted by atomic mass is 16.2. The van der Waals surface area contributed by atoms with E-state index in [1.165, 1.54) is 17.7 Å². The molecule has 5 rings (SSSR count). The van der Waals surface area contributed by atoms with E-state index in [9.17, 15) is 9.59 Å². The monoisotopic (exact) mass is 483 g/mol. The van der Waals surface area contributed by atoms with E-state index >= 15 is 0 Å². The van der Waals surface area contributed by atoms with E-state index in [0.29, 0.717) is 18.5 Å². The van der Waals surface area contributed by atoms with Gasteiger partial charge in [-0.1, -0.05) is 54.6 Å². The van der Waals surface area contributed by atoms with Crippen LogP contribution in [0.15, 0.2) is 60.7 Å². The van der Waals surface area contributed by atoms with Gasteiger partial charge in [-0.05, 0) is 60.9 Å². The molecule has 7 heteroatoms. The van der Waals surface area contributed by atoms with Crippen molar-refractivity contribution in [2.24, 2.45) is 0 Å². The van der Waals surface area contributed by atoms with Gasteiger partial charge in [-0.15, -0.1) is 0 Å². The van der Waals surface area contributed by atoms with Gasteiger partial charge in [-0.2, -0.15) is 0 Å². The lowest BCUT2D eigenvalue weighted by molar-refractivity contribution is -0.123. The van der Waals surface area contributed by atoms with Crippen molar-refractivity contribution in [2.75, 3.05) is 25.0 Å². The fraction of sp³-hybridized carbons (Fsp3) is 0.345. The predicted octanol–water partition coefficient (Wildman–Crippen LogP) is 3.44. The molecule has 2 aliphatic heterocycles. The number of hydrogen-bond donors (Lipinski definition) is 3. The van der Waals surface area contributed by atoms with Gasteiger partial charge in [-0.3, -0.25) is 15.0 Å². The zero-order valence-electron chi connectivity index (χ0n) is 20.9. The second kappa shape index (κ2) is 10.1. The normalized spacial score (nSPS) is 18.2. The van der Waals surface area contributed by atoms with Crippen molar-refractivity contribution in [1.82, 2.24) is 15.5 Å². The molecule has 3 N–H and O–H groups in total.